The maximum absolute atomic E-state index is 5.28. The zero-order chi connectivity index (χ0) is 11.5. The van der Waals surface area contributed by atoms with Gasteiger partial charge in [-0.1, -0.05) is 0 Å². The van der Waals surface area contributed by atoms with E-state index in [2.05, 4.69) is 24.2 Å². The fraction of sp³-hybridized carbons (Fsp3) is 1.00. The van der Waals surface area contributed by atoms with Gasteiger partial charge < -0.3 is 10.1 Å². The maximum atomic E-state index is 5.28. The second-order valence-corrected chi connectivity index (χ2v) is 5.55. The van der Waals surface area contributed by atoms with Gasteiger partial charge in [-0.25, -0.2) is 0 Å². The van der Waals surface area contributed by atoms with Crippen LogP contribution in [-0.4, -0.2) is 50.3 Å². The normalized spacial score (nSPS) is 24.8. The number of hydrogen-bond acceptors (Lipinski definition) is 3. The average Bonchev–Trinajstić information content (AvgIpc) is 3.15. The topological polar surface area (TPSA) is 24.5 Å². The van der Waals surface area contributed by atoms with E-state index in [9.17, 15) is 0 Å². The van der Waals surface area contributed by atoms with Crippen LogP contribution in [0, 0.1) is 5.92 Å². The Morgan fingerprint density at radius 2 is 2.00 bits per heavy atom. The first-order chi connectivity index (χ1) is 7.72. The first kappa shape index (κ1) is 12.3. The molecule has 2 aliphatic rings. The summed E-state index contributed by atoms with van der Waals surface area (Å²) in [6.07, 6.45) is 5.55. The molecule has 0 aromatic heterocycles. The molecule has 0 aromatic carbocycles. The molecule has 0 aromatic rings. The van der Waals surface area contributed by atoms with Crippen LogP contribution in [0.3, 0.4) is 0 Å². The lowest BCUT2D eigenvalue weighted by atomic mass is 10.2. The van der Waals surface area contributed by atoms with E-state index in [4.69, 9.17) is 4.74 Å². The molecule has 16 heavy (non-hydrogen) atoms. The minimum absolute atomic E-state index is 0.583. The summed E-state index contributed by atoms with van der Waals surface area (Å²) in [6, 6.07) is 2.09. The van der Waals surface area contributed by atoms with Gasteiger partial charge in [0, 0.05) is 31.8 Å². The Labute approximate surface area is 99.5 Å². The van der Waals surface area contributed by atoms with Crippen molar-refractivity contribution in [3.63, 3.8) is 0 Å². The Balaban J connectivity index is 1.67. The minimum atomic E-state index is 0.583. The Hall–Kier alpha value is -0.120. The van der Waals surface area contributed by atoms with E-state index in [0.29, 0.717) is 12.1 Å². The van der Waals surface area contributed by atoms with Crippen molar-refractivity contribution in [3.8, 4) is 0 Å². The summed E-state index contributed by atoms with van der Waals surface area (Å²) < 4.78 is 5.28. The fourth-order valence-corrected chi connectivity index (χ4v) is 2.35. The molecular weight excluding hydrogens is 200 g/mol. The molecule has 0 heterocycles. The summed E-state index contributed by atoms with van der Waals surface area (Å²) in [6.45, 7) is 4.28. The van der Waals surface area contributed by atoms with E-state index >= 15 is 0 Å². The summed E-state index contributed by atoms with van der Waals surface area (Å²) >= 11 is 0. The SMILES string of the molecule is COCC(NCC(C)N(C)C1CC1)C1CC1. The van der Waals surface area contributed by atoms with Gasteiger partial charge in [-0.3, -0.25) is 4.90 Å². The monoisotopic (exact) mass is 226 g/mol. The molecule has 3 nitrogen and oxygen atoms in total. The molecule has 94 valence electrons. The fourth-order valence-electron chi connectivity index (χ4n) is 2.35. The van der Waals surface area contributed by atoms with E-state index in [-0.39, 0.29) is 0 Å². The first-order valence-electron chi connectivity index (χ1n) is 6.66. The lowest BCUT2D eigenvalue weighted by molar-refractivity contribution is 0.149. The minimum Gasteiger partial charge on any atom is -0.383 e. The quantitative estimate of drug-likeness (QED) is 0.678. The van der Waals surface area contributed by atoms with Crippen LogP contribution in [0.5, 0.6) is 0 Å². The summed E-state index contributed by atoms with van der Waals surface area (Å²) in [5.41, 5.74) is 0. The molecule has 0 bridgehead atoms. The van der Waals surface area contributed by atoms with Gasteiger partial charge in [-0.15, -0.1) is 0 Å². The van der Waals surface area contributed by atoms with Crippen LogP contribution in [0.4, 0.5) is 0 Å². The lowest BCUT2D eigenvalue weighted by Gasteiger charge is -2.27. The van der Waals surface area contributed by atoms with E-state index in [1.165, 1.54) is 25.7 Å². The number of ether oxygens (including phenoxy) is 1. The molecule has 2 fully saturated rings. The average molecular weight is 226 g/mol. The molecular formula is C13H26N2O. The van der Waals surface area contributed by atoms with Crippen LogP contribution in [0.25, 0.3) is 0 Å². The van der Waals surface area contributed by atoms with Crippen molar-refractivity contribution < 1.29 is 4.74 Å². The third kappa shape index (κ3) is 3.44. The Kier molecular flexibility index (Phi) is 4.22. The van der Waals surface area contributed by atoms with Gasteiger partial charge in [-0.05, 0) is 45.6 Å². The lowest BCUT2D eigenvalue weighted by Crippen LogP contribution is -2.44. The highest BCUT2D eigenvalue weighted by molar-refractivity contribution is 4.89. The molecule has 1 N–H and O–H groups in total. The summed E-state index contributed by atoms with van der Waals surface area (Å²) in [5, 5.41) is 3.68. The number of nitrogens with one attached hydrogen (secondary N) is 1. The van der Waals surface area contributed by atoms with Gasteiger partial charge >= 0.3 is 0 Å². The predicted octanol–water partition coefficient (Wildman–Crippen LogP) is 1.48. The zero-order valence-corrected chi connectivity index (χ0v) is 10.9. The van der Waals surface area contributed by atoms with Crippen molar-refractivity contribution in [2.45, 2.75) is 50.7 Å². The predicted molar refractivity (Wildman–Crippen MR) is 66.6 cm³/mol. The van der Waals surface area contributed by atoms with Crippen LogP contribution < -0.4 is 5.32 Å². The summed E-state index contributed by atoms with van der Waals surface area (Å²) in [5.74, 6) is 0.874. The van der Waals surface area contributed by atoms with Crippen molar-refractivity contribution in [2.24, 2.45) is 5.92 Å². The number of likely N-dealkylation sites (N-methyl/N-ethyl adjacent to an activating group) is 1. The summed E-state index contributed by atoms with van der Waals surface area (Å²) in [7, 11) is 4.06. The smallest absolute Gasteiger partial charge is 0.0618 e. The van der Waals surface area contributed by atoms with Gasteiger partial charge in [0.05, 0.1) is 6.61 Å². The number of hydrogen-bond donors (Lipinski definition) is 1. The van der Waals surface area contributed by atoms with Crippen LogP contribution >= 0.6 is 0 Å². The van der Waals surface area contributed by atoms with Gasteiger partial charge in [0.1, 0.15) is 0 Å². The molecule has 2 atom stereocenters. The summed E-state index contributed by atoms with van der Waals surface area (Å²) in [4.78, 5) is 2.52. The second kappa shape index (κ2) is 5.48. The van der Waals surface area contributed by atoms with Crippen molar-refractivity contribution in [3.05, 3.63) is 0 Å². The van der Waals surface area contributed by atoms with Gasteiger partial charge in [0.25, 0.3) is 0 Å². The molecule has 2 aliphatic carbocycles. The van der Waals surface area contributed by atoms with E-state index in [1.54, 1.807) is 7.11 Å². The van der Waals surface area contributed by atoms with Crippen molar-refractivity contribution >= 4 is 0 Å². The second-order valence-electron chi connectivity index (χ2n) is 5.55. The molecule has 3 heteroatoms. The van der Waals surface area contributed by atoms with Crippen LogP contribution in [-0.2, 0) is 4.74 Å². The van der Waals surface area contributed by atoms with Gasteiger partial charge in [0.2, 0.25) is 0 Å². The first-order valence-corrected chi connectivity index (χ1v) is 6.66. The molecule has 0 saturated heterocycles. The zero-order valence-electron chi connectivity index (χ0n) is 10.9. The molecule has 0 radical (unpaired) electrons. The molecule has 0 amide bonds. The third-order valence-corrected chi connectivity index (χ3v) is 4.03. The Morgan fingerprint density at radius 3 is 2.50 bits per heavy atom. The van der Waals surface area contributed by atoms with Crippen LogP contribution in [0.1, 0.15) is 32.6 Å². The molecule has 0 spiro atoms. The number of methoxy groups -OCH3 is 1. The van der Waals surface area contributed by atoms with Crippen LogP contribution in [0.2, 0.25) is 0 Å². The Bertz CT molecular complexity index is 214. The molecule has 2 saturated carbocycles. The van der Waals surface area contributed by atoms with Crippen molar-refractivity contribution in [2.75, 3.05) is 27.3 Å². The molecule has 2 rings (SSSR count). The van der Waals surface area contributed by atoms with Gasteiger partial charge in [0.15, 0.2) is 0 Å². The maximum Gasteiger partial charge on any atom is 0.0618 e. The largest absolute Gasteiger partial charge is 0.383 e. The third-order valence-electron chi connectivity index (χ3n) is 4.03. The molecule has 0 aliphatic heterocycles. The highest BCUT2D eigenvalue weighted by Crippen LogP contribution is 2.33. The van der Waals surface area contributed by atoms with Crippen molar-refractivity contribution in [1.82, 2.24) is 10.2 Å². The van der Waals surface area contributed by atoms with E-state index in [1.807, 2.05) is 0 Å². The van der Waals surface area contributed by atoms with E-state index in [0.717, 1.165) is 25.1 Å². The highest BCUT2D eigenvalue weighted by Gasteiger charge is 2.32. The molecule has 2 unspecified atom stereocenters. The number of rotatable bonds is 8. The Morgan fingerprint density at radius 1 is 1.31 bits per heavy atom. The standard InChI is InChI=1S/C13H26N2O/c1-10(15(2)12-6-7-12)8-14-13(9-16-3)11-4-5-11/h10-14H,4-9H2,1-3H3. The van der Waals surface area contributed by atoms with E-state index < -0.39 is 0 Å². The van der Waals surface area contributed by atoms with Crippen LogP contribution in [0.15, 0.2) is 0 Å². The van der Waals surface area contributed by atoms with Crippen molar-refractivity contribution in [1.29, 1.82) is 0 Å². The highest BCUT2D eigenvalue weighted by atomic mass is 16.5. The van der Waals surface area contributed by atoms with Gasteiger partial charge in [-0.2, -0.15) is 0 Å². The number of nitrogens with zero attached hydrogens (tertiary/aromatic N) is 1.